The van der Waals surface area contributed by atoms with E-state index in [-0.39, 0.29) is 5.91 Å². The number of aromatic nitrogens is 3. The number of H-pyrrole nitrogens is 1. The molecule has 0 saturated carbocycles. The van der Waals surface area contributed by atoms with Crippen molar-refractivity contribution in [3.05, 3.63) is 70.8 Å². The van der Waals surface area contributed by atoms with Gasteiger partial charge in [0.25, 0.3) is 5.91 Å². The van der Waals surface area contributed by atoms with Crippen LogP contribution in [0.4, 0.5) is 11.5 Å². The Labute approximate surface area is 166 Å². The number of rotatable bonds is 8. The predicted molar refractivity (Wildman–Crippen MR) is 112 cm³/mol. The van der Waals surface area contributed by atoms with E-state index in [9.17, 15) is 4.79 Å². The third-order valence-corrected chi connectivity index (χ3v) is 5.15. The molecule has 3 aromatic heterocycles. The van der Waals surface area contributed by atoms with Crippen LogP contribution >= 0.6 is 11.3 Å². The number of hydrogen-bond donors (Lipinski definition) is 4. The lowest BCUT2D eigenvalue weighted by Gasteiger charge is -2.09. The number of nitrogens with one attached hydrogen (secondary N) is 4. The van der Waals surface area contributed by atoms with Crippen molar-refractivity contribution in [1.29, 1.82) is 0 Å². The molecule has 0 aliphatic carbocycles. The van der Waals surface area contributed by atoms with E-state index in [2.05, 4.69) is 43.0 Å². The van der Waals surface area contributed by atoms with Gasteiger partial charge in [0, 0.05) is 25.8 Å². The van der Waals surface area contributed by atoms with Gasteiger partial charge in [0.15, 0.2) is 0 Å². The second kappa shape index (κ2) is 8.64. The normalized spacial score (nSPS) is 10.9. The van der Waals surface area contributed by atoms with E-state index < -0.39 is 0 Å². The molecule has 7 nitrogen and oxygen atoms in total. The van der Waals surface area contributed by atoms with Gasteiger partial charge in [0.05, 0.1) is 11.1 Å². The summed E-state index contributed by atoms with van der Waals surface area (Å²) in [5, 5.41) is 12.3. The molecule has 142 valence electrons. The van der Waals surface area contributed by atoms with Crippen molar-refractivity contribution >= 4 is 39.8 Å². The van der Waals surface area contributed by atoms with Crippen LogP contribution in [0.2, 0.25) is 0 Å². The van der Waals surface area contributed by atoms with E-state index >= 15 is 0 Å². The Morgan fingerprint density at radius 3 is 2.86 bits per heavy atom. The number of hydrogen-bond acceptors (Lipinski definition) is 6. The first-order valence-corrected chi connectivity index (χ1v) is 9.84. The number of carbonyl (C=O) groups is 1. The number of amides is 1. The van der Waals surface area contributed by atoms with Crippen LogP contribution in [-0.2, 0) is 6.54 Å². The Morgan fingerprint density at radius 2 is 1.96 bits per heavy atom. The molecule has 0 atom stereocenters. The summed E-state index contributed by atoms with van der Waals surface area (Å²) in [6, 6.07) is 14.0. The maximum atomic E-state index is 12.6. The Bertz CT molecular complexity index is 1060. The van der Waals surface area contributed by atoms with Gasteiger partial charge in [-0.1, -0.05) is 30.3 Å². The molecule has 0 unspecified atom stereocenters. The second-order valence-electron chi connectivity index (χ2n) is 6.17. The van der Waals surface area contributed by atoms with Crippen LogP contribution in [0.5, 0.6) is 0 Å². The summed E-state index contributed by atoms with van der Waals surface area (Å²) in [7, 11) is 0. The summed E-state index contributed by atoms with van der Waals surface area (Å²) < 4.78 is 0. The monoisotopic (exact) mass is 392 g/mol. The zero-order valence-corrected chi connectivity index (χ0v) is 15.9. The highest BCUT2D eigenvalue weighted by Gasteiger charge is 2.14. The Morgan fingerprint density at radius 1 is 1.07 bits per heavy atom. The minimum absolute atomic E-state index is 0.0987. The third kappa shape index (κ3) is 4.19. The molecule has 4 rings (SSSR count). The first kappa shape index (κ1) is 18.1. The molecule has 8 heteroatoms. The highest BCUT2D eigenvalue weighted by atomic mass is 32.1. The average molecular weight is 392 g/mol. The summed E-state index contributed by atoms with van der Waals surface area (Å²) in [5.74, 6) is 0.571. The smallest absolute Gasteiger partial charge is 0.263 e. The number of carbonyl (C=O) groups excluding carboxylic acids is 1. The number of nitrogens with zero attached hydrogens (tertiary/aromatic N) is 2. The summed E-state index contributed by atoms with van der Waals surface area (Å²) in [4.78, 5) is 24.7. The van der Waals surface area contributed by atoms with Crippen molar-refractivity contribution in [2.24, 2.45) is 0 Å². The lowest BCUT2D eigenvalue weighted by Crippen LogP contribution is -2.31. The molecule has 4 N–H and O–H groups in total. The second-order valence-corrected chi connectivity index (χ2v) is 7.09. The van der Waals surface area contributed by atoms with Crippen LogP contribution in [0.1, 0.15) is 15.2 Å². The lowest BCUT2D eigenvalue weighted by molar-refractivity contribution is 0.0958. The van der Waals surface area contributed by atoms with Gasteiger partial charge in [-0.2, -0.15) is 0 Å². The molecule has 1 aromatic carbocycles. The molecule has 0 spiro atoms. The largest absolute Gasteiger partial charge is 0.350 e. The number of fused-ring (bicyclic) bond motifs is 1. The SMILES string of the molecule is O=C(NCCNCc1ccccc1)c1sccc1Nc1ncnc2[nH]ccc12. The zero-order valence-electron chi connectivity index (χ0n) is 15.1. The predicted octanol–water partition coefficient (Wildman–Crippen LogP) is 3.28. The average Bonchev–Trinajstić information content (AvgIpc) is 3.38. The highest BCUT2D eigenvalue weighted by Crippen LogP contribution is 2.28. The maximum Gasteiger partial charge on any atom is 0.263 e. The summed E-state index contributed by atoms with van der Waals surface area (Å²) >= 11 is 1.40. The fourth-order valence-corrected chi connectivity index (χ4v) is 3.62. The molecule has 28 heavy (non-hydrogen) atoms. The Hall–Kier alpha value is -3.23. The minimum Gasteiger partial charge on any atom is -0.350 e. The topological polar surface area (TPSA) is 94.7 Å². The quantitative estimate of drug-likeness (QED) is 0.345. The van der Waals surface area contributed by atoms with Crippen molar-refractivity contribution in [3.63, 3.8) is 0 Å². The van der Waals surface area contributed by atoms with E-state index in [0.717, 1.165) is 23.3 Å². The summed E-state index contributed by atoms with van der Waals surface area (Å²) in [6.07, 6.45) is 3.31. The first-order chi connectivity index (χ1) is 13.8. The zero-order chi connectivity index (χ0) is 19.2. The van der Waals surface area contributed by atoms with Crippen LogP contribution in [0.3, 0.4) is 0 Å². The number of anilines is 2. The van der Waals surface area contributed by atoms with Crippen LogP contribution in [0.15, 0.2) is 60.4 Å². The van der Waals surface area contributed by atoms with Gasteiger partial charge in [-0.3, -0.25) is 4.79 Å². The van der Waals surface area contributed by atoms with Gasteiger partial charge in [-0.15, -0.1) is 11.3 Å². The van der Waals surface area contributed by atoms with E-state index in [1.807, 2.05) is 41.9 Å². The van der Waals surface area contributed by atoms with Gasteiger partial charge in [-0.05, 0) is 23.1 Å². The van der Waals surface area contributed by atoms with Crippen LogP contribution in [0, 0.1) is 0 Å². The standard InChI is InChI=1S/C20H20N6OS/c27-20(23-10-9-21-12-14-4-2-1-3-5-14)17-16(7-11-28-17)26-19-15-6-8-22-18(15)24-13-25-19/h1-8,11,13,21H,9-10,12H2,(H,23,27)(H2,22,24,25,26). The van der Waals surface area contributed by atoms with Crippen LogP contribution in [-0.4, -0.2) is 33.9 Å². The maximum absolute atomic E-state index is 12.6. The molecular weight excluding hydrogens is 372 g/mol. The van der Waals surface area contributed by atoms with Crippen molar-refractivity contribution in [2.75, 3.05) is 18.4 Å². The van der Waals surface area contributed by atoms with Gasteiger partial charge in [0.2, 0.25) is 0 Å². The molecule has 0 aliphatic rings. The first-order valence-electron chi connectivity index (χ1n) is 8.97. The molecular formula is C20H20N6OS. The van der Waals surface area contributed by atoms with E-state index in [4.69, 9.17) is 0 Å². The fraction of sp³-hybridized carbons (Fsp3) is 0.150. The molecule has 0 aliphatic heterocycles. The number of benzene rings is 1. The van der Waals surface area contributed by atoms with E-state index in [0.29, 0.717) is 23.8 Å². The highest BCUT2D eigenvalue weighted by molar-refractivity contribution is 7.12. The lowest BCUT2D eigenvalue weighted by atomic mass is 10.2. The van der Waals surface area contributed by atoms with E-state index in [1.54, 1.807) is 0 Å². The summed E-state index contributed by atoms with van der Waals surface area (Å²) in [6.45, 7) is 2.03. The van der Waals surface area contributed by atoms with Crippen molar-refractivity contribution in [3.8, 4) is 0 Å². The van der Waals surface area contributed by atoms with Gasteiger partial charge >= 0.3 is 0 Å². The van der Waals surface area contributed by atoms with Crippen molar-refractivity contribution in [1.82, 2.24) is 25.6 Å². The number of thiophene rings is 1. The van der Waals surface area contributed by atoms with Crippen molar-refractivity contribution < 1.29 is 4.79 Å². The summed E-state index contributed by atoms with van der Waals surface area (Å²) in [5.41, 5.74) is 2.71. The number of aromatic amines is 1. The van der Waals surface area contributed by atoms with Crippen LogP contribution in [0.25, 0.3) is 11.0 Å². The molecule has 0 fully saturated rings. The van der Waals surface area contributed by atoms with Crippen LogP contribution < -0.4 is 16.0 Å². The van der Waals surface area contributed by atoms with Gasteiger partial charge < -0.3 is 20.9 Å². The third-order valence-electron chi connectivity index (χ3n) is 4.24. The van der Waals surface area contributed by atoms with Gasteiger partial charge in [-0.25, -0.2) is 9.97 Å². The molecule has 1 amide bonds. The Kier molecular flexibility index (Phi) is 5.60. The molecule has 0 radical (unpaired) electrons. The van der Waals surface area contributed by atoms with Gasteiger partial charge in [0.1, 0.15) is 22.7 Å². The molecule has 3 heterocycles. The fourth-order valence-electron chi connectivity index (χ4n) is 2.86. The minimum atomic E-state index is -0.0987. The Balaban J connectivity index is 1.32. The molecule has 0 bridgehead atoms. The molecule has 4 aromatic rings. The molecule has 0 saturated heterocycles. The van der Waals surface area contributed by atoms with E-state index in [1.165, 1.54) is 23.2 Å². The van der Waals surface area contributed by atoms with Crippen molar-refractivity contribution in [2.45, 2.75) is 6.54 Å².